The fourth-order valence-corrected chi connectivity index (χ4v) is 3.97. The Hall–Kier alpha value is -0.910. The van der Waals surface area contributed by atoms with Gasteiger partial charge in [0, 0.05) is 19.6 Å². The molecule has 0 saturated heterocycles. The van der Waals surface area contributed by atoms with Gasteiger partial charge in [0.25, 0.3) is 0 Å². The Balaban J connectivity index is 3.30. The summed E-state index contributed by atoms with van der Waals surface area (Å²) in [5.74, 6) is 0. The van der Waals surface area contributed by atoms with Crippen molar-refractivity contribution < 1.29 is 8.42 Å². The number of benzene rings is 1. The van der Waals surface area contributed by atoms with E-state index in [1.54, 1.807) is 13.1 Å². The minimum Gasteiger partial charge on any atom is -0.313 e. The van der Waals surface area contributed by atoms with E-state index in [0.717, 1.165) is 29.7 Å². The van der Waals surface area contributed by atoms with E-state index < -0.39 is 10.0 Å². The van der Waals surface area contributed by atoms with Crippen LogP contribution in [-0.2, 0) is 16.6 Å². The van der Waals surface area contributed by atoms with Gasteiger partial charge in [-0.2, -0.15) is 4.31 Å². The number of sulfonamides is 1. The van der Waals surface area contributed by atoms with Crippen LogP contribution in [0.2, 0.25) is 0 Å². The predicted molar refractivity (Wildman–Crippen MR) is 88.0 cm³/mol. The highest BCUT2D eigenvalue weighted by Crippen LogP contribution is 2.25. The van der Waals surface area contributed by atoms with Crippen LogP contribution in [0.1, 0.15) is 43.9 Å². The van der Waals surface area contributed by atoms with Crippen LogP contribution in [0, 0.1) is 13.8 Å². The summed E-state index contributed by atoms with van der Waals surface area (Å²) in [6.45, 7) is 11.4. The fourth-order valence-electron chi connectivity index (χ4n) is 2.19. The molecule has 1 unspecified atom stereocenters. The first-order chi connectivity index (χ1) is 9.75. The summed E-state index contributed by atoms with van der Waals surface area (Å²) in [5, 5.41) is 3.24. The van der Waals surface area contributed by atoms with Gasteiger partial charge in [-0.25, -0.2) is 8.42 Å². The molecule has 1 aromatic rings. The first-order valence-corrected chi connectivity index (χ1v) is 8.98. The van der Waals surface area contributed by atoms with Crippen LogP contribution in [-0.4, -0.2) is 32.4 Å². The molecule has 0 aliphatic rings. The van der Waals surface area contributed by atoms with Crippen molar-refractivity contribution in [2.75, 3.05) is 13.6 Å². The zero-order valence-electron chi connectivity index (χ0n) is 14.0. The van der Waals surface area contributed by atoms with Gasteiger partial charge >= 0.3 is 0 Å². The number of aryl methyl sites for hydroxylation is 1. The van der Waals surface area contributed by atoms with Crippen molar-refractivity contribution in [2.24, 2.45) is 0 Å². The van der Waals surface area contributed by atoms with E-state index in [4.69, 9.17) is 0 Å². The summed E-state index contributed by atoms with van der Waals surface area (Å²) < 4.78 is 27.2. The van der Waals surface area contributed by atoms with Gasteiger partial charge < -0.3 is 5.32 Å². The minimum absolute atomic E-state index is 0.00729. The molecule has 1 atom stereocenters. The van der Waals surface area contributed by atoms with Gasteiger partial charge in [0.1, 0.15) is 0 Å². The molecule has 0 fully saturated rings. The number of nitrogens with zero attached hydrogens (tertiary/aromatic N) is 1. The maximum absolute atomic E-state index is 12.8. The van der Waals surface area contributed by atoms with Gasteiger partial charge in [0.05, 0.1) is 4.90 Å². The van der Waals surface area contributed by atoms with E-state index in [1.165, 1.54) is 4.31 Å². The Morgan fingerprint density at radius 1 is 1.24 bits per heavy atom. The maximum atomic E-state index is 12.8. The highest BCUT2D eigenvalue weighted by atomic mass is 32.2. The Morgan fingerprint density at radius 2 is 1.86 bits per heavy atom. The summed E-state index contributed by atoms with van der Waals surface area (Å²) in [7, 11) is -1.78. The zero-order chi connectivity index (χ0) is 16.2. The van der Waals surface area contributed by atoms with Crippen molar-refractivity contribution in [1.29, 1.82) is 0 Å². The van der Waals surface area contributed by atoms with E-state index >= 15 is 0 Å². The average molecular weight is 312 g/mol. The number of nitrogens with one attached hydrogen (secondary N) is 1. The highest BCUT2D eigenvalue weighted by Gasteiger charge is 2.26. The van der Waals surface area contributed by atoms with Crippen molar-refractivity contribution in [1.82, 2.24) is 9.62 Å². The molecule has 0 aliphatic heterocycles. The number of rotatable bonds is 7. The van der Waals surface area contributed by atoms with Gasteiger partial charge in [-0.05, 0) is 56.5 Å². The van der Waals surface area contributed by atoms with Gasteiger partial charge in [0.15, 0.2) is 0 Å². The summed E-state index contributed by atoms with van der Waals surface area (Å²) >= 11 is 0. The first kappa shape index (κ1) is 18.1. The SMILES string of the molecule is CCNCc1cc(C)c(C)c(S(=O)(=O)N(C)C(C)CC)c1. The van der Waals surface area contributed by atoms with Gasteiger partial charge in [-0.15, -0.1) is 0 Å². The Morgan fingerprint density at radius 3 is 2.38 bits per heavy atom. The Bertz CT molecular complexity index is 582. The topological polar surface area (TPSA) is 49.4 Å². The molecule has 1 N–H and O–H groups in total. The third kappa shape index (κ3) is 4.05. The third-order valence-corrected chi connectivity index (χ3v) is 6.23. The van der Waals surface area contributed by atoms with Crippen LogP contribution >= 0.6 is 0 Å². The summed E-state index contributed by atoms with van der Waals surface area (Å²) in [5.41, 5.74) is 2.86. The van der Waals surface area contributed by atoms with E-state index in [2.05, 4.69) is 11.4 Å². The monoisotopic (exact) mass is 312 g/mol. The van der Waals surface area contributed by atoms with E-state index in [1.807, 2.05) is 34.6 Å². The van der Waals surface area contributed by atoms with Crippen LogP contribution < -0.4 is 5.32 Å². The lowest BCUT2D eigenvalue weighted by Gasteiger charge is -2.25. The van der Waals surface area contributed by atoms with Gasteiger partial charge in [-0.3, -0.25) is 0 Å². The zero-order valence-corrected chi connectivity index (χ0v) is 14.8. The van der Waals surface area contributed by atoms with Crippen LogP contribution in [0.15, 0.2) is 17.0 Å². The molecule has 0 aliphatic carbocycles. The molecule has 0 spiro atoms. The molecule has 1 rings (SSSR count). The molecule has 0 bridgehead atoms. The van der Waals surface area contributed by atoms with Crippen molar-refractivity contribution in [3.8, 4) is 0 Å². The normalized spacial score (nSPS) is 13.7. The largest absolute Gasteiger partial charge is 0.313 e. The molecular weight excluding hydrogens is 284 g/mol. The van der Waals surface area contributed by atoms with E-state index in [0.29, 0.717) is 11.4 Å². The van der Waals surface area contributed by atoms with E-state index in [-0.39, 0.29) is 6.04 Å². The third-order valence-electron chi connectivity index (χ3n) is 4.13. The van der Waals surface area contributed by atoms with Crippen LogP contribution in [0.25, 0.3) is 0 Å². The molecule has 0 amide bonds. The summed E-state index contributed by atoms with van der Waals surface area (Å²) in [4.78, 5) is 0.429. The molecule has 0 aromatic heterocycles. The van der Waals surface area contributed by atoms with Gasteiger partial charge in [0.2, 0.25) is 10.0 Å². The second kappa shape index (κ2) is 7.38. The van der Waals surface area contributed by atoms with Crippen LogP contribution in [0.3, 0.4) is 0 Å². The molecule has 21 heavy (non-hydrogen) atoms. The van der Waals surface area contributed by atoms with Crippen LogP contribution in [0.5, 0.6) is 0 Å². The molecule has 0 heterocycles. The Kier molecular flexibility index (Phi) is 6.38. The number of hydrogen-bond donors (Lipinski definition) is 1. The van der Waals surface area contributed by atoms with Crippen molar-refractivity contribution in [2.45, 2.75) is 58.5 Å². The number of hydrogen-bond acceptors (Lipinski definition) is 3. The lowest BCUT2D eigenvalue weighted by Crippen LogP contribution is -2.35. The molecule has 0 saturated carbocycles. The molecule has 5 heteroatoms. The second-order valence-electron chi connectivity index (χ2n) is 5.59. The summed E-state index contributed by atoms with van der Waals surface area (Å²) in [6, 6.07) is 3.85. The molecule has 1 aromatic carbocycles. The predicted octanol–water partition coefficient (Wildman–Crippen LogP) is 2.83. The quantitative estimate of drug-likeness (QED) is 0.842. The highest BCUT2D eigenvalue weighted by molar-refractivity contribution is 7.89. The average Bonchev–Trinajstić information content (AvgIpc) is 2.46. The Labute approximate surface area is 129 Å². The van der Waals surface area contributed by atoms with E-state index in [9.17, 15) is 8.42 Å². The maximum Gasteiger partial charge on any atom is 0.243 e. The van der Waals surface area contributed by atoms with Crippen molar-refractivity contribution >= 4 is 10.0 Å². The smallest absolute Gasteiger partial charge is 0.243 e. The standard InChI is InChI=1S/C16H28N2O2S/c1-7-13(4)18(6)21(19,20)16-10-15(11-17-8-2)9-12(3)14(16)5/h9-10,13,17H,7-8,11H2,1-6H3. The molecular formula is C16H28N2O2S. The summed E-state index contributed by atoms with van der Waals surface area (Å²) in [6.07, 6.45) is 0.796. The lowest BCUT2D eigenvalue weighted by molar-refractivity contribution is 0.380. The molecule has 4 nitrogen and oxygen atoms in total. The van der Waals surface area contributed by atoms with Crippen molar-refractivity contribution in [3.05, 3.63) is 28.8 Å². The molecule has 0 radical (unpaired) electrons. The van der Waals surface area contributed by atoms with Crippen molar-refractivity contribution in [3.63, 3.8) is 0 Å². The second-order valence-corrected chi connectivity index (χ2v) is 7.56. The van der Waals surface area contributed by atoms with Crippen LogP contribution in [0.4, 0.5) is 0 Å². The lowest BCUT2D eigenvalue weighted by atomic mass is 10.1. The first-order valence-electron chi connectivity index (χ1n) is 7.54. The minimum atomic E-state index is -3.45. The molecule has 120 valence electrons. The van der Waals surface area contributed by atoms with Gasteiger partial charge in [-0.1, -0.05) is 19.9 Å². The fraction of sp³-hybridized carbons (Fsp3) is 0.625.